The van der Waals surface area contributed by atoms with Gasteiger partial charge in [0.25, 0.3) is 9.84 Å². The second kappa shape index (κ2) is 17.2. The van der Waals surface area contributed by atoms with Crippen molar-refractivity contribution in [1.29, 1.82) is 0 Å². The van der Waals surface area contributed by atoms with Gasteiger partial charge >= 0.3 is 13.3 Å². The number of piperazine rings is 1. The van der Waals surface area contributed by atoms with Gasteiger partial charge in [0.1, 0.15) is 4.90 Å². The van der Waals surface area contributed by atoms with Gasteiger partial charge in [-0.15, -0.1) is 11.8 Å². The molecule has 0 aliphatic carbocycles. The monoisotopic (exact) mass is 774 g/mol. The molecule has 0 spiro atoms. The van der Waals surface area contributed by atoms with E-state index in [0.29, 0.717) is 57.5 Å². The Morgan fingerprint density at radius 2 is 1.55 bits per heavy atom. The third-order valence-electron chi connectivity index (χ3n) is 7.07. The second-order valence-electron chi connectivity index (χ2n) is 12.7. The first-order valence-corrected chi connectivity index (χ1v) is 21.1. The highest BCUT2D eigenvalue weighted by atomic mass is 32.2. The number of nitrogens with zero attached hydrogens (tertiary/aromatic N) is 2. The van der Waals surface area contributed by atoms with E-state index in [2.05, 4.69) is 15.1 Å². The van der Waals surface area contributed by atoms with Crippen LogP contribution < -0.4 is 10.5 Å². The van der Waals surface area contributed by atoms with Crippen molar-refractivity contribution in [3.63, 3.8) is 0 Å². The lowest BCUT2D eigenvalue weighted by atomic mass is 10.2. The van der Waals surface area contributed by atoms with Gasteiger partial charge in [-0.1, -0.05) is 18.2 Å². The van der Waals surface area contributed by atoms with Crippen LogP contribution in [0.25, 0.3) is 0 Å². The Hall–Kier alpha value is -1.73. The summed E-state index contributed by atoms with van der Waals surface area (Å²) in [6.45, 7) is 12.7. The molecule has 3 N–H and O–H groups in total. The number of nitrogens with two attached hydrogens (primary N) is 1. The number of anilines is 1. The number of halogens is 3. The van der Waals surface area contributed by atoms with Gasteiger partial charge in [-0.3, -0.25) is 18.5 Å². The topological polar surface area (TPSA) is 158 Å². The lowest BCUT2D eigenvalue weighted by Crippen LogP contribution is -2.48. The summed E-state index contributed by atoms with van der Waals surface area (Å²) >= 11 is 1.44. The van der Waals surface area contributed by atoms with Crippen molar-refractivity contribution in [3.8, 4) is 0 Å². The van der Waals surface area contributed by atoms with E-state index in [9.17, 15) is 34.6 Å². The van der Waals surface area contributed by atoms with Crippen LogP contribution in [0.15, 0.2) is 63.2 Å². The van der Waals surface area contributed by atoms with Crippen molar-refractivity contribution >= 4 is 45.1 Å². The summed E-state index contributed by atoms with van der Waals surface area (Å²) in [5.74, 6) is 0.374. The summed E-state index contributed by atoms with van der Waals surface area (Å²) < 4.78 is 120. The maximum Gasteiger partial charge on any atom is 0.501 e. The summed E-state index contributed by atoms with van der Waals surface area (Å²) in [6.07, 6.45) is 0.0776. The summed E-state index contributed by atoms with van der Waals surface area (Å²) in [7, 11) is -14.2. The third-order valence-corrected chi connectivity index (χ3v) is 12.6. The number of sulfonamides is 1. The van der Waals surface area contributed by atoms with Crippen molar-refractivity contribution < 1.29 is 48.1 Å². The largest absolute Gasteiger partial charge is 0.501 e. The van der Waals surface area contributed by atoms with E-state index >= 15 is 0 Å². The number of alkyl halides is 3. The molecule has 1 aliphatic rings. The lowest BCUT2D eigenvalue weighted by Gasteiger charge is -2.35. The molecule has 12 nitrogen and oxygen atoms in total. The average Bonchev–Trinajstić information content (AvgIpc) is 2.97. The first-order chi connectivity index (χ1) is 22.6. The Morgan fingerprint density at radius 1 is 0.959 bits per heavy atom. The number of phosphoric ester groups is 1. The standard InChI is InChI=1S/C30H46F3N4O8PS3/c1-23(2)44-46(38,45-29(3,4)5)43-20-19-37-17-15-36(16-18-37)14-13-24(22-47-25-9-7-6-8-10-25)35-27-12-11-26(49(34,41)42)21-28(27)48(39,40)30(31,32)33/h6-12,21,23-24,35H,13-20,22H2,1-5H3,(H2,34,41,42). The van der Waals surface area contributed by atoms with Crippen molar-refractivity contribution in [2.75, 3.05) is 56.9 Å². The molecule has 1 fully saturated rings. The zero-order chi connectivity index (χ0) is 36.7. The smallest absolute Gasteiger partial charge is 0.380 e. The molecule has 278 valence electrons. The van der Waals surface area contributed by atoms with Crippen molar-refractivity contribution in [1.82, 2.24) is 9.80 Å². The molecule has 0 aromatic heterocycles. The molecule has 19 heteroatoms. The minimum atomic E-state index is -5.93. The summed E-state index contributed by atoms with van der Waals surface area (Å²) in [6, 6.07) is 11.2. The van der Waals surface area contributed by atoms with Gasteiger partial charge in [0.15, 0.2) is 0 Å². The number of sulfone groups is 1. The van der Waals surface area contributed by atoms with Crippen LogP contribution in [0.2, 0.25) is 0 Å². The molecule has 1 heterocycles. The first-order valence-electron chi connectivity index (χ1n) is 15.6. The number of rotatable bonds is 17. The highest BCUT2D eigenvalue weighted by molar-refractivity contribution is 7.99. The van der Waals surface area contributed by atoms with Gasteiger partial charge in [-0.25, -0.2) is 26.5 Å². The maximum absolute atomic E-state index is 13.7. The third kappa shape index (κ3) is 13.4. The Kier molecular flexibility index (Phi) is 14.6. The van der Waals surface area contributed by atoms with Crippen LogP contribution in [-0.4, -0.2) is 102 Å². The Balaban J connectivity index is 1.68. The Bertz CT molecular complexity index is 1640. The number of nitrogens with one attached hydrogen (secondary N) is 1. The second-order valence-corrected chi connectivity index (χ2v) is 18.8. The predicted octanol–water partition coefficient (Wildman–Crippen LogP) is 5.57. The van der Waals surface area contributed by atoms with Gasteiger partial charge in [0.05, 0.1) is 28.9 Å². The van der Waals surface area contributed by atoms with E-state index in [0.717, 1.165) is 17.0 Å². The number of hydrogen-bond donors (Lipinski definition) is 2. The molecule has 1 aliphatic heterocycles. The van der Waals surface area contributed by atoms with Crippen LogP contribution in [0, 0.1) is 0 Å². The van der Waals surface area contributed by atoms with Crippen LogP contribution in [0.3, 0.4) is 0 Å². The Labute approximate surface area is 291 Å². The van der Waals surface area contributed by atoms with E-state index in [1.165, 1.54) is 11.8 Å². The molecule has 49 heavy (non-hydrogen) atoms. The van der Waals surface area contributed by atoms with E-state index in [1.54, 1.807) is 34.6 Å². The predicted molar refractivity (Wildman–Crippen MR) is 184 cm³/mol. The molecular weight excluding hydrogens is 729 g/mol. The minimum absolute atomic E-state index is 0.135. The zero-order valence-corrected chi connectivity index (χ0v) is 31.5. The number of primary sulfonamides is 1. The average molecular weight is 775 g/mol. The quantitative estimate of drug-likeness (QED) is 0.152. The lowest BCUT2D eigenvalue weighted by molar-refractivity contribution is -0.0436. The molecule has 1 saturated heterocycles. The normalized spacial score (nSPS) is 17.6. The highest BCUT2D eigenvalue weighted by Crippen LogP contribution is 2.53. The fourth-order valence-corrected chi connectivity index (χ4v) is 9.01. The van der Waals surface area contributed by atoms with Crippen LogP contribution in [-0.2, 0) is 38.0 Å². The van der Waals surface area contributed by atoms with E-state index < -0.39 is 54.6 Å². The van der Waals surface area contributed by atoms with E-state index in [-0.39, 0.29) is 18.4 Å². The first kappa shape index (κ1) is 41.7. The van der Waals surface area contributed by atoms with Crippen molar-refractivity contribution in [3.05, 3.63) is 48.5 Å². The van der Waals surface area contributed by atoms with Gasteiger partial charge < -0.3 is 10.2 Å². The van der Waals surface area contributed by atoms with E-state index in [1.807, 2.05) is 30.3 Å². The van der Waals surface area contributed by atoms with E-state index in [4.69, 9.17) is 18.7 Å². The molecule has 0 bridgehead atoms. The molecule has 2 atom stereocenters. The Morgan fingerprint density at radius 3 is 2.08 bits per heavy atom. The number of thioether (sulfide) groups is 1. The summed E-state index contributed by atoms with van der Waals surface area (Å²) in [4.78, 5) is 3.28. The summed E-state index contributed by atoms with van der Waals surface area (Å²) in [5.41, 5.74) is -6.77. The molecule has 2 unspecified atom stereocenters. The van der Waals surface area contributed by atoms with Crippen LogP contribution in [0.4, 0.5) is 18.9 Å². The fraction of sp³-hybridized carbons (Fsp3) is 0.600. The highest BCUT2D eigenvalue weighted by Gasteiger charge is 2.48. The van der Waals surface area contributed by atoms with Crippen LogP contribution >= 0.6 is 19.6 Å². The summed E-state index contributed by atoms with van der Waals surface area (Å²) in [5, 5.41) is 8.05. The van der Waals surface area contributed by atoms with Crippen LogP contribution in [0.5, 0.6) is 0 Å². The molecule has 0 saturated carbocycles. The van der Waals surface area contributed by atoms with Gasteiger partial charge in [0.2, 0.25) is 10.0 Å². The molecule has 0 radical (unpaired) electrons. The van der Waals surface area contributed by atoms with Crippen molar-refractivity contribution in [2.45, 2.75) is 79.0 Å². The molecule has 0 amide bonds. The van der Waals surface area contributed by atoms with Crippen LogP contribution in [0.1, 0.15) is 41.0 Å². The number of benzene rings is 2. The SMILES string of the molecule is CC(C)OP(=O)(OCCN1CCN(CCC(CSc2ccccc2)Nc2ccc(S(N)(=O)=O)cc2S(=O)(=O)C(F)(F)F)CC1)OC(C)(C)C. The van der Waals surface area contributed by atoms with Gasteiger partial charge in [0, 0.05) is 56.0 Å². The minimum Gasteiger partial charge on any atom is -0.380 e. The molecule has 3 rings (SSSR count). The number of hydrogen-bond acceptors (Lipinski definition) is 12. The van der Waals surface area contributed by atoms with Gasteiger partial charge in [-0.2, -0.15) is 13.2 Å². The fourth-order valence-electron chi connectivity index (χ4n) is 4.81. The maximum atomic E-state index is 13.7. The molecular formula is C30H46F3N4O8PS3. The molecule has 2 aromatic carbocycles. The van der Waals surface area contributed by atoms with Crippen molar-refractivity contribution in [2.24, 2.45) is 5.14 Å². The number of phosphoric acid groups is 1. The molecule has 2 aromatic rings. The zero-order valence-electron chi connectivity index (χ0n) is 28.2. The van der Waals surface area contributed by atoms with Gasteiger partial charge in [-0.05, 0) is 71.4 Å².